The van der Waals surface area contributed by atoms with Gasteiger partial charge in [-0.05, 0) is 55.2 Å². The van der Waals surface area contributed by atoms with Gasteiger partial charge in [0.2, 0.25) is 5.91 Å². The van der Waals surface area contributed by atoms with Crippen LogP contribution in [0, 0.1) is 0 Å². The highest BCUT2D eigenvalue weighted by molar-refractivity contribution is 5.84. The third-order valence-corrected chi connectivity index (χ3v) is 6.59. The van der Waals surface area contributed by atoms with Gasteiger partial charge in [0.25, 0.3) is 5.56 Å². The van der Waals surface area contributed by atoms with Crippen molar-refractivity contribution in [2.45, 2.75) is 84.1 Å². The molecule has 1 saturated carbocycles. The highest BCUT2D eigenvalue weighted by Crippen LogP contribution is 2.32. The van der Waals surface area contributed by atoms with E-state index in [1.54, 1.807) is 11.7 Å². The van der Waals surface area contributed by atoms with Gasteiger partial charge in [-0.3, -0.25) is 14.2 Å². The molecule has 31 heavy (non-hydrogen) atoms. The van der Waals surface area contributed by atoms with Gasteiger partial charge >= 0.3 is 0 Å². The Hall–Kier alpha value is -2.30. The number of hydrogen-bond donors (Lipinski definition) is 0. The standard InChI is InChI=1S/C26H38N2O3/c1-4-6-15-27(16-7-5-2)25(29)19-28-24-18-22(31-3)14-13-21(24)17-23(26(28)30)20-11-9-8-10-12-20/h13-14,17-18,20H,4-12,15-16,19H2,1-3H3. The Balaban J connectivity index is 2.01. The highest BCUT2D eigenvalue weighted by Gasteiger charge is 2.23. The van der Waals surface area contributed by atoms with Crippen molar-refractivity contribution < 1.29 is 9.53 Å². The summed E-state index contributed by atoms with van der Waals surface area (Å²) in [5.74, 6) is 1.03. The summed E-state index contributed by atoms with van der Waals surface area (Å²) in [6.07, 6.45) is 9.78. The van der Waals surface area contributed by atoms with Gasteiger partial charge in [-0.1, -0.05) is 46.0 Å². The van der Waals surface area contributed by atoms with Crippen LogP contribution in [0.3, 0.4) is 0 Å². The molecule has 5 heteroatoms. The van der Waals surface area contributed by atoms with Gasteiger partial charge in [-0.15, -0.1) is 0 Å². The van der Waals surface area contributed by atoms with Crippen LogP contribution in [-0.2, 0) is 11.3 Å². The molecule has 1 heterocycles. The number of unbranched alkanes of at least 4 members (excludes halogenated alkanes) is 2. The van der Waals surface area contributed by atoms with Crippen LogP contribution in [0.1, 0.15) is 83.1 Å². The van der Waals surface area contributed by atoms with Gasteiger partial charge in [-0.2, -0.15) is 0 Å². The molecule has 170 valence electrons. The molecule has 1 aromatic heterocycles. The van der Waals surface area contributed by atoms with E-state index in [-0.39, 0.29) is 18.0 Å². The molecule has 3 rings (SSSR count). The zero-order chi connectivity index (χ0) is 22.2. The van der Waals surface area contributed by atoms with Crippen LogP contribution >= 0.6 is 0 Å². The summed E-state index contributed by atoms with van der Waals surface area (Å²) in [6, 6.07) is 7.88. The summed E-state index contributed by atoms with van der Waals surface area (Å²) in [5.41, 5.74) is 1.65. The van der Waals surface area contributed by atoms with E-state index in [0.717, 1.165) is 68.1 Å². The van der Waals surface area contributed by atoms with Gasteiger partial charge in [0.15, 0.2) is 0 Å². The normalized spacial score (nSPS) is 14.7. The molecule has 1 aliphatic rings. The Morgan fingerprint density at radius 1 is 1.06 bits per heavy atom. The van der Waals surface area contributed by atoms with Gasteiger partial charge < -0.3 is 9.64 Å². The van der Waals surface area contributed by atoms with E-state index in [9.17, 15) is 9.59 Å². The minimum Gasteiger partial charge on any atom is -0.497 e. The van der Waals surface area contributed by atoms with Crippen LogP contribution in [0.2, 0.25) is 0 Å². The lowest BCUT2D eigenvalue weighted by Gasteiger charge is -2.25. The molecular weight excluding hydrogens is 388 g/mol. The first kappa shape index (κ1) is 23.4. The molecule has 2 aromatic rings. The molecule has 0 aliphatic heterocycles. The zero-order valence-electron chi connectivity index (χ0n) is 19.5. The summed E-state index contributed by atoms with van der Waals surface area (Å²) in [6.45, 7) is 5.89. The largest absolute Gasteiger partial charge is 0.497 e. The monoisotopic (exact) mass is 426 g/mol. The summed E-state index contributed by atoms with van der Waals surface area (Å²) in [7, 11) is 1.63. The highest BCUT2D eigenvalue weighted by atomic mass is 16.5. The van der Waals surface area contributed by atoms with Crippen molar-refractivity contribution in [3.63, 3.8) is 0 Å². The lowest BCUT2D eigenvalue weighted by Crippen LogP contribution is -2.38. The first-order valence-electron chi connectivity index (χ1n) is 12.1. The van der Waals surface area contributed by atoms with E-state index in [0.29, 0.717) is 11.7 Å². The molecule has 0 N–H and O–H groups in total. The number of aromatic nitrogens is 1. The molecule has 0 unspecified atom stereocenters. The van der Waals surface area contributed by atoms with Gasteiger partial charge in [0, 0.05) is 24.7 Å². The fraction of sp³-hybridized carbons (Fsp3) is 0.615. The third kappa shape index (κ3) is 5.69. The number of rotatable bonds is 10. The number of amides is 1. The second-order valence-corrected chi connectivity index (χ2v) is 8.84. The first-order chi connectivity index (χ1) is 15.1. The van der Waals surface area contributed by atoms with Crippen molar-refractivity contribution in [3.8, 4) is 5.75 Å². The number of ether oxygens (including phenoxy) is 1. The predicted molar refractivity (Wildman–Crippen MR) is 127 cm³/mol. The maximum Gasteiger partial charge on any atom is 0.255 e. The fourth-order valence-corrected chi connectivity index (χ4v) is 4.66. The molecule has 0 atom stereocenters. The summed E-state index contributed by atoms with van der Waals surface area (Å²) in [4.78, 5) is 28.9. The number of pyridine rings is 1. The maximum atomic E-state index is 13.6. The van der Waals surface area contributed by atoms with E-state index >= 15 is 0 Å². The van der Waals surface area contributed by atoms with Crippen molar-refractivity contribution >= 4 is 16.8 Å². The van der Waals surface area contributed by atoms with Crippen molar-refractivity contribution in [3.05, 3.63) is 40.2 Å². The lowest BCUT2D eigenvalue weighted by atomic mass is 9.84. The van der Waals surface area contributed by atoms with E-state index in [2.05, 4.69) is 19.9 Å². The van der Waals surface area contributed by atoms with E-state index < -0.39 is 0 Å². The quantitative estimate of drug-likeness (QED) is 0.505. The number of benzene rings is 1. The molecule has 1 amide bonds. The van der Waals surface area contributed by atoms with E-state index in [4.69, 9.17) is 4.74 Å². The van der Waals surface area contributed by atoms with Crippen molar-refractivity contribution in [1.29, 1.82) is 0 Å². The smallest absolute Gasteiger partial charge is 0.255 e. The minimum absolute atomic E-state index is 0.00747. The minimum atomic E-state index is -0.00747. The number of carbonyl (C=O) groups is 1. The molecule has 0 bridgehead atoms. The number of carbonyl (C=O) groups excluding carboxylic acids is 1. The Morgan fingerprint density at radius 3 is 2.35 bits per heavy atom. The average Bonchev–Trinajstić information content (AvgIpc) is 2.81. The number of nitrogens with zero attached hydrogens (tertiary/aromatic N) is 2. The number of fused-ring (bicyclic) bond motifs is 1. The van der Waals surface area contributed by atoms with E-state index in [1.165, 1.54) is 19.3 Å². The topological polar surface area (TPSA) is 51.5 Å². The molecule has 0 spiro atoms. The zero-order valence-corrected chi connectivity index (χ0v) is 19.5. The molecule has 1 fully saturated rings. The second kappa shape index (κ2) is 11.4. The van der Waals surface area contributed by atoms with Crippen LogP contribution in [0.25, 0.3) is 10.9 Å². The maximum absolute atomic E-state index is 13.6. The molecule has 0 saturated heterocycles. The Labute approximate surface area is 186 Å². The summed E-state index contributed by atoms with van der Waals surface area (Å²) < 4.78 is 7.12. The van der Waals surface area contributed by atoms with Crippen molar-refractivity contribution in [1.82, 2.24) is 9.47 Å². The number of hydrogen-bond acceptors (Lipinski definition) is 3. The average molecular weight is 427 g/mol. The number of methoxy groups -OCH3 is 1. The van der Waals surface area contributed by atoms with Crippen LogP contribution in [-0.4, -0.2) is 35.6 Å². The van der Waals surface area contributed by atoms with Gasteiger partial charge in [0.05, 0.1) is 12.6 Å². The van der Waals surface area contributed by atoms with E-state index in [1.807, 2.05) is 23.1 Å². The molecule has 1 aromatic carbocycles. The molecule has 5 nitrogen and oxygen atoms in total. The summed E-state index contributed by atoms with van der Waals surface area (Å²) >= 11 is 0. The Morgan fingerprint density at radius 2 is 1.74 bits per heavy atom. The molecule has 1 aliphatic carbocycles. The first-order valence-corrected chi connectivity index (χ1v) is 12.1. The Kier molecular flexibility index (Phi) is 8.56. The van der Waals surface area contributed by atoms with Gasteiger partial charge in [-0.25, -0.2) is 0 Å². The van der Waals surface area contributed by atoms with Crippen LogP contribution in [0.15, 0.2) is 29.1 Å². The molecular formula is C26H38N2O3. The van der Waals surface area contributed by atoms with Crippen LogP contribution in [0.5, 0.6) is 5.75 Å². The van der Waals surface area contributed by atoms with Gasteiger partial charge in [0.1, 0.15) is 12.3 Å². The lowest BCUT2D eigenvalue weighted by molar-refractivity contribution is -0.132. The molecule has 0 radical (unpaired) electrons. The fourth-order valence-electron chi connectivity index (χ4n) is 4.66. The SMILES string of the molecule is CCCCN(CCCC)C(=O)Cn1c(=O)c(C2CCCCC2)cc2ccc(OC)cc21. The third-order valence-electron chi connectivity index (χ3n) is 6.59. The second-order valence-electron chi connectivity index (χ2n) is 8.84. The van der Waals surface area contributed by atoms with Crippen molar-refractivity contribution in [2.75, 3.05) is 20.2 Å². The van der Waals surface area contributed by atoms with Crippen LogP contribution < -0.4 is 10.3 Å². The Bertz CT molecular complexity index is 920. The predicted octanol–water partition coefficient (Wildman–Crippen LogP) is 5.49. The summed E-state index contributed by atoms with van der Waals surface area (Å²) in [5, 5.41) is 1.00. The van der Waals surface area contributed by atoms with Crippen molar-refractivity contribution in [2.24, 2.45) is 0 Å². The van der Waals surface area contributed by atoms with Crippen LogP contribution in [0.4, 0.5) is 0 Å².